The Kier molecular flexibility index (Phi) is 11.9. The van der Waals surface area contributed by atoms with Crippen LogP contribution in [0.15, 0.2) is 29.3 Å². The van der Waals surface area contributed by atoms with E-state index in [1.807, 2.05) is 26.8 Å². The van der Waals surface area contributed by atoms with Gasteiger partial charge in [0, 0.05) is 44.5 Å². The topological polar surface area (TPSA) is 77.0 Å². The van der Waals surface area contributed by atoms with Crippen LogP contribution in [0.5, 0.6) is 0 Å². The lowest BCUT2D eigenvalue weighted by atomic mass is 10.0. The van der Waals surface area contributed by atoms with Gasteiger partial charge >= 0.3 is 0 Å². The number of benzene rings is 1. The Morgan fingerprint density at radius 1 is 1.30 bits per heavy atom. The minimum Gasteiger partial charge on any atom is -0.369 e. The van der Waals surface area contributed by atoms with E-state index < -0.39 is 10.0 Å². The van der Waals surface area contributed by atoms with E-state index in [1.54, 1.807) is 12.1 Å². The van der Waals surface area contributed by atoms with Gasteiger partial charge in [0.2, 0.25) is 10.0 Å². The minimum absolute atomic E-state index is 0. The Labute approximate surface area is 197 Å². The quantitative estimate of drug-likeness (QED) is 0.279. The summed E-state index contributed by atoms with van der Waals surface area (Å²) in [6.07, 6.45) is 1.97. The molecule has 0 spiro atoms. The number of hydrogen-bond donors (Lipinski definition) is 2. The largest absolute Gasteiger partial charge is 0.369 e. The first-order valence-electron chi connectivity index (χ1n) is 10.4. The zero-order valence-corrected chi connectivity index (χ0v) is 21.3. The standard InChI is InChI=1S/C20H34FN5O2S.HI/c1-4-22-20(23-12-14-29(27,28)26(5-2)6-3)24-18-10-8-13-25(16-18)19-11-7-9-17(21)15-19;/h7,9,11,15,18H,4-6,8,10,12-14,16H2,1-3H3,(H2,22,23,24);1H. The van der Waals surface area contributed by atoms with Crippen molar-refractivity contribution in [3.8, 4) is 0 Å². The third-order valence-electron chi connectivity index (χ3n) is 5.00. The lowest BCUT2D eigenvalue weighted by molar-refractivity contribution is 0.445. The molecule has 0 bridgehead atoms. The van der Waals surface area contributed by atoms with Crippen LogP contribution >= 0.6 is 24.0 Å². The Hall–Kier alpha value is -1.14. The molecule has 0 radical (unpaired) electrons. The number of nitrogens with zero attached hydrogens (tertiary/aromatic N) is 3. The molecule has 1 aromatic carbocycles. The smallest absolute Gasteiger partial charge is 0.215 e. The fourth-order valence-electron chi connectivity index (χ4n) is 3.53. The van der Waals surface area contributed by atoms with Crippen molar-refractivity contribution in [3.63, 3.8) is 0 Å². The number of sulfonamides is 1. The number of piperidine rings is 1. The number of anilines is 1. The maximum Gasteiger partial charge on any atom is 0.215 e. The van der Waals surface area contributed by atoms with Crippen LogP contribution in [0.4, 0.5) is 10.1 Å². The zero-order valence-electron chi connectivity index (χ0n) is 18.1. The summed E-state index contributed by atoms with van der Waals surface area (Å²) in [6, 6.07) is 6.81. The highest BCUT2D eigenvalue weighted by atomic mass is 127. The molecule has 1 unspecified atom stereocenters. The van der Waals surface area contributed by atoms with Crippen molar-refractivity contribution in [1.82, 2.24) is 14.9 Å². The maximum absolute atomic E-state index is 13.5. The van der Waals surface area contributed by atoms with Crippen LogP contribution in [-0.2, 0) is 10.0 Å². The molecule has 30 heavy (non-hydrogen) atoms. The molecule has 1 saturated heterocycles. The second kappa shape index (κ2) is 13.3. The third-order valence-corrected chi connectivity index (χ3v) is 7.00. The van der Waals surface area contributed by atoms with Crippen LogP contribution in [0.3, 0.4) is 0 Å². The fraction of sp³-hybridized carbons (Fsp3) is 0.650. The van der Waals surface area contributed by atoms with E-state index in [1.165, 1.54) is 10.4 Å². The summed E-state index contributed by atoms with van der Waals surface area (Å²) in [4.78, 5) is 6.63. The molecule has 1 aromatic rings. The van der Waals surface area contributed by atoms with Gasteiger partial charge in [0.05, 0.1) is 12.3 Å². The second-order valence-electron chi connectivity index (χ2n) is 7.07. The average molecular weight is 556 g/mol. The van der Waals surface area contributed by atoms with Gasteiger partial charge in [0.15, 0.2) is 5.96 Å². The van der Waals surface area contributed by atoms with E-state index in [2.05, 4.69) is 20.5 Å². The first kappa shape index (κ1) is 26.9. The van der Waals surface area contributed by atoms with Crippen molar-refractivity contribution in [2.45, 2.75) is 39.7 Å². The highest BCUT2D eigenvalue weighted by Crippen LogP contribution is 2.20. The van der Waals surface area contributed by atoms with E-state index in [0.717, 1.165) is 31.6 Å². The Balaban J connectivity index is 0.00000450. The van der Waals surface area contributed by atoms with Crippen LogP contribution in [0.1, 0.15) is 33.6 Å². The normalized spacial score (nSPS) is 17.6. The Morgan fingerprint density at radius 2 is 2.03 bits per heavy atom. The van der Waals surface area contributed by atoms with E-state index in [4.69, 9.17) is 0 Å². The molecule has 1 heterocycles. The lowest BCUT2D eigenvalue weighted by Crippen LogP contribution is -2.51. The van der Waals surface area contributed by atoms with Crippen LogP contribution < -0.4 is 15.5 Å². The van der Waals surface area contributed by atoms with Gasteiger partial charge in [0.25, 0.3) is 0 Å². The number of hydrogen-bond acceptors (Lipinski definition) is 4. The molecule has 0 aliphatic carbocycles. The molecule has 0 amide bonds. The molecule has 1 fully saturated rings. The van der Waals surface area contributed by atoms with Gasteiger partial charge < -0.3 is 15.5 Å². The van der Waals surface area contributed by atoms with Gasteiger partial charge in [-0.3, -0.25) is 4.99 Å². The van der Waals surface area contributed by atoms with Crippen LogP contribution in [0.2, 0.25) is 0 Å². The summed E-state index contributed by atoms with van der Waals surface area (Å²) in [5, 5.41) is 6.60. The minimum atomic E-state index is -3.29. The van der Waals surface area contributed by atoms with Crippen LogP contribution in [-0.4, -0.2) is 69.7 Å². The highest BCUT2D eigenvalue weighted by molar-refractivity contribution is 14.0. The predicted molar refractivity (Wildman–Crippen MR) is 133 cm³/mol. The molecule has 0 saturated carbocycles. The summed E-state index contributed by atoms with van der Waals surface area (Å²) in [5.41, 5.74) is 0.878. The predicted octanol–water partition coefficient (Wildman–Crippen LogP) is 2.64. The van der Waals surface area contributed by atoms with E-state index in [-0.39, 0.29) is 48.1 Å². The Morgan fingerprint density at radius 3 is 2.67 bits per heavy atom. The van der Waals surface area contributed by atoms with Crippen molar-refractivity contribution in [3.05, 3.63) is 30.1 Å². The molecule has 172 valence electrons. The molecule has 1 aliphatic rings. The molecule has 10 heteroatoms. The molecular weight excluding hydrogens is 520 g/mol. The van der Waals surface area contributed by atoms with Crippen molar-refractivity contribution < 1.29 is 12.8 Å². The van der Waals surface area contributed by atoms with E-state index in [9.17, 15) is 12.8 Å². The zero-order chi connectivity index (χ0) is 21.3. The van der Waals surface area contributed by atoms with Gasteiger partial charge in [-0.15, -0.1) is 24.0 Å². The molecule has 1 aliphatic heterocycles. The molecule has 2 N–H and O–H groups in total. The molecule has 1 atom stereocenters. The molecule has 7 nitrogen and oxygen atoms in total. The van der Waals surface area contributed by atoms with E-state index >= 15 is 0 Å². The maximum atomic E-state index is 13.5. The number of halogens is 2. The molecular formula is C20H35FIN5O2S. The number of nitrogens with one attached hydrogen (secondary N) is 2. The van der Waals surface area contributed by atoms with Gasteiger partial charge in [-0.05, 0) is 38.0 Å². The number of aliphatic imine (C=N–C) groups is 1. The summed E-state index contributed by atoms with van der Waals surface area (Å²) >= 11 is 0. The van der Waals surface area contributed by atoms with Crippen molar-refractivity contribution in [1.29, 1.82) is 0 Å². The fourth-order valence-corrected chi connectivity index (χ4v) is 4.90. The number of guanidine groups is 1. The van der Waals surface area contributed by atoms with Gasteiger partial charge in [-0.2, -0.15) is 0 Å². The summed E-state index contributed by atoms with van der Waals surface area (Å²) in [5.74, 6) is 0.376. The van der Waals surface area contributed by atoms with Gasteiger partial charge in [-0.25, -0.2) is 17.1 Å². The SMILES string of the molecule is CCNC(=NCCS(=O)(=O)N(CC)CC)NC1CCCN(c2cccc(F)c2)C1.I. The number of rotatable bonds is 9. The highest BCUT2D eigenvalue weighted by Gasteiger charge is 2.22. The van der Waals surface area contributed by atoms with Crippen LogP contribution in [0.25, 0.3) is 0 Å². The second-order valence-corrected chi connectivity index (χ2v) is 9.16. The lowest BCUT2D eigenvalue weighted by Gasteiger charge is -2.35. The first-order chi connectivity index (χ1) is 13.9. The summed E-state index contributed by atoms with van der Waals surface area (Å²) in [7, 11) is -3.29. The van der Waals surface area contributed by atoms with Crippen molar-refractivity contribution in [2.75, 3.05) is 49.9 Å². The van der Waals surface area contributed by atoms with Crippen molar-refractivity contribution >= 4 is 45.6 Å². The van der Waals surface area contributed by atoms with Gasteiger partial charge in [-0.1, -0.05) is 19.9 Å². The summed E-state index contributed by atoms with van der Waals surface area (Å²) in [6.45, 7) is 9.11. The van der Waals surface area contributed by atoms with Gasteiger partial charge in [0.1, 0.15) is 5.82 Å². The molecule has 2 rings (SSSR count). The van der Waals surface area contributed by atoms with Crippen molar-refractivity contribution in [2.24, 2.45) is 4.99 Å². The summed E-state index contributed by atoms with van der Waals surface area (Å²) < 4.78 is 39.7. The average Bonchev–Trinajstić information content (AvgIpc) is 2.69. The molecule has 0 aromatic heterocycles. The first-order valence-corrected chi connectivity index (χ1v) is 12.0. The monoisotopic (exact) mass is 555 g/mol. The third kappa shape index (κ3) is 8.18. The Bertz CT molecular complexity index is 774. The van der Waals surface area contributed by atoms with E-state index in [0.29, 0.717) is 25.6 Å². The van der Waals surface area contributed by atoms with Crippen LogP contribution in [0, 0.1) is 5.82 Å².